The minimum absolute atomic E-state index is 0.105. The van der Waals surface area contributed by atoms with Gasteiger partial charge in [-0.2, -0.15) is 14.1 Å². The van der Waals surface area contributed by atoms with Crippen LogP contribution in [0, 0.1) is 12.8 Å². The molecular weight excluding hydrogens is 537 g/mol. The number of sulfonamides is 1. The van der Waals surface area contributed by atoms with Gasteiger partial charge in [0.15, 0.2) is 0 Å². The Morgan fingerprint density at radius 2 is 2.03 bits per heavy atom. The predicted octanol–water partition coefficient (Wildman–Crippen LogP) is 5.20. The average molecular weight is 557 g/mol. The quantitative estimate of drug-likeness (QED) is 0.365. The number of rotatable bonds is 5. The first kappa shape index (κ1) is 23.7. The van der Waals surface area contributed by atoms with Crippen molar-refractivity contribution in [3.05, 3.63) is 51.5 Å². The van der Waals surface area contributed by atoms with E-state index < -0.39 is 15.9 Å². The van der Waals surface area contributed by atoms with Crippen molar-refractivity contribution in [2.24, 2.45) is 5.92 Å². The molecule has 1 aliphatic heterocycles. The number of aryl methyl sites for hydroxylation is 1. The van der Waals surface area contributed by atoms with Crippen LogP contribution in [0.1, 0.15) is 18.5 Å². The van der Waals surface area contributed by atoms with Crippen LogP contribution in [0.5, 0.6) is 0 Å². The molecule has 0 bridgehead atoms. The Balaban J connectivity index is 1.37. The molecule has 3 aromatic heterocycles. The standard InChI is InChI=1S/C21H19Cl2N5O3S3/c1-12-10-17(28(26-12)21-25-19-14(22)5-2-6-15(19)32-21)24-20(29)13-4-3-9-27(11-13)34(30,31)18-8-7-16(23)33-18/h2,5-8,10,13H,3-4,9,11H2,1H3,(H,24,29). The van der Waals surface area contributed by atoms with Crippen LogP contribution in [-0.2, 0) is 14.8 Å². The first-order valence-electron chi connectivity index (χ1n) is 10.4. The van der Waals surface area contributed by atoms with Crippen molar-refractivity contribution in [3.63, 3.8) is 0 Å². The van der Waals surface area contributed by atoms with Gasteiger partial charge in [0, 0.05) is 19.2 Å². The summed E-state index contributed by atoms with van der Waals surface area (Å²) in [6.45, 7) is 2.30. The van der Waals surface area contributed by atoms with Gasteiger partial charge in [0.25, 0.3) is 10.0 Å². The van der Waals surface area contributed by atoms with Gasteiger partial charge in [0.05, 0.1) is 25.7 Å². The number of carbonyl (C=O) groups is 1. The molecule has 4 heterocycles. The topological polar surface area (TPSA) is 97.2 Å². The molecule has 13 heteroatoms. The molecule has 34 heavy (non-hydrogen) atoms. The molecule has 178 valence electrons. The van der Waals surface area contributed by atoms with Crippen LogP contribution in [0.15, 0.2) is 40.6 Å². The number of thiophene rings is 1. The second kappa shape index (κ2) is 9.21. The number of hydrogen-bond donors (Lipinski definition) is 1. The van der Waals surface area contributed by atoms with E-state index in [0.29, 0.717) is 50.9 Å². The molecule has 0 saturated carbocycles. The Morgan fingerprint density at radius 1 is 1.21 bits per heavy atom. The molecule has 0 aliphatic carbocycles. The molecule has 1 saturated heterocycles. The van der Waals surface area contributed by atoms with E-state index in [4.69, 9.17) is 23.2 Å². The lowest BCUT2D eigenvalue weighted by atomic mass is 9.99. The van der Waals surface area contributed by atoms with Gasteiger partial charge in [-0.1, -0.05) is 40.6 Å². The van der Waals surface area contributed by atoms with E-state index in [1.54, 1.807) is 22.9 Å². The second-order valence-corrected chi connectivity index (χ2v) is 13.2. The molecule has 0 spiro atoms. The van der Waals surface area contributed by atoms with E-state index in [2.05, 4.69) is 15.4 Å². The number of piperidine rings is 1. The van der Waals surface area contributed by atoms with E-state index in [-0.39, 0.29) is 16.7 Å². The number of aromatic nitrogens is 3. The third kappa shape index (κ3) is 4.48. The van der Waals surface area contributed by atoms with Gasteiger partial charge in [-0.15, -0.1) is 11.3 Å². The van der Waals surface area contributed by atoms with E-state index in [1.807, 2.05) is 19.1 Å². The van der Waals surface area contributed by atoms with Crippen LogP contribution >= 0.6 is 45.9 Å². The molecule has 1 aliphatic rings. The monoisotopic (exact) mass is 555 g/mol. The summed E-state index contributed by atoms with van der Waals surface area (Å²) < 4.78 is 30.4. The Morgan fingerprint density at radius 3 is 2.76 bits per heavy atom. The highest BCUT2D eigenvalue weighted by Gasteiger charge is 2.34. The molecular formula is C21H19Cl2N5O3S3. The predicted molar refractivity (Wildman–Crippen MR) is 136 cm³/mol. The van der Waals surface area contributed by atoms with Crippen molar-refractivity contribution in [1.29, 1.82) is 0 Å². The van der Waals surface area contributed by atoms with Crippen molar-refractivity contribution in [3.8, 4) is 5.13 Å². The lowest BCUT2D eigenvalue weighted by Crippen LogP contribution is -2.43. The number of amides is 1. The largest absolute Gasteiger partial charge is 0.310 e. The van der Waals surface area contributed by atoms with Gasteiger partial charge < -0.3 is 5.32 Å². The van der Waals surface area contributed by atoms with Crippen LogP contribution in [0.2, 0.25) is 9.36 Å². The summed E-state index contributed by atoms with van der Waals surface area (Å²) in [6, 6.07) is 10.4. The molecule has 1 amide bonds. The number of thiazole rings is 1. The van der Waals surface area contributed by atoms with Crippen molar-refractivity contribution < 1.29 is 13.2 Å². The smallest absolute Gasteiger partial charge is 0.252 e. The van der Waals surface area contributed by atoms with Crippen LogP contribution in [-0.4, -0.2) is 46.5 Å². The van der Waals surface area contributed by atoms with E-state index in [0.717, 1.165) is 16.0 Å². The summed E-state index contributed by atoms with van der Waals surface area (Å²) in [5.74, 6) is -0.278. The summed E-state index contributed by atoms with van der Waals surface area (Å²) >= 11 is 14.6. The van der Waals surface area contributed by atoms with Crippen LogP contribution < -0.4 is 5.32 Å². The molecule has 1 aromatic carbocycles. The summed E-state index contributed by atoms with van der Waals surface area (Å²) in [7, 11) is -3.70. The van der Waals surface area contributed by atoms with Crippen molar-refractivity contribution in [1.82, 2.24) is 19.1 Å². The first-order chi connectivity index (χ1) is 16.2. The normalized spacial score (nSPS) is 17.3. The number of nitrogens with zero attached hydrogens (tertiary/aromatic N) is 4. The number of anilines is 1. The second-order valence-electron chi connectivity index (χ2n) is 7.92. The SMILES string of the molecule is Cc1cc(NC(=O)C2CCCN(S(=O)(=O)c3ccc(Cl)s3)C2)n(-c2nc3c(Cl)cccc3s2)n1. The Labute approximate surface area is 214 Å². The van der Waals surface area contributed by atoms with Crippen LogP contribution in [0.3, 0.4) is 0 Å². The molecule has 1 N–H and O–H groups in total. The average Bonchev–Trinajstić information content (AvgIpc) is 3.52. The fourth-order valence-electron chi connectivity index (χ4n) is 3.89. The summed E-state index contributed by atoms with van der Waals surface area (Å²) in [6.07, 6.45) is 1.18. The van der Waals surface area contributed by atoms with Crippen LogP contribution in [0.25, 0.3) is 15.3 Å². The molecule has 8 nitrogen and oxygen atoms in total. The minimum Gasteiger partial charge on any atom is -0.310 e. The number of nitrogens with one attached hydrogen (secondary N) is 1. The summed E-state index contributed by atoms with van der Waals surface area (Å²) in [5.41, 5.74) is 1.39. The van der Waals surface area contributed by atoms with Crippen molar-refractivity contribution in [2.75, 3.05) is 18.4 Å². The number of carbonyl (C=O) groups excluding carboxylic acids is 1. The van der Waals surface area contributed by atoms with E-state index in [9.17, 15) is 13.2 Å². The van der Waals surface area contributed by atoms with Crippen molar-refractivity contribution >= 4 is 77.8 Å². The van der Waals surface area contributed by atoms with Gasteiger partial charge in [0.2, 0.25) is 11.0 Å². The van der Waals surface area contributed by atoms with Crippen molar-refractivity contribution in [2.45, 2.75) is 24.0 Å². The highest BCUT2D eigenvalue weighted by atomic mass is 35.5. The molecule has 1 fully saturated rings. The highest BCUT2D eigenvalue weighted by Crippen LogP contribution is 2.33. The van der Waals surface area contributed by atoms with Gasteiger partial charge in [-0.05, 0) is 44.0 Å². The number of para-hydroxylation sites is 1. The number of fused-ring (bicyclic) bond motifs is 1. The number of halogens is 2. The fourth-order valence-corrected chi connectivity index (χ4v) is 8.29. The minimum atomic E-state index is -3.70. The molecule has 4 aromatic rings. The van der Waals surface area contributed by atoms with Gasteiger partial charge in [-0.3, -0.25) is 4.79 Å². The van der Waals surface area contributed by atoms with Crippen LogP contribution in [0.4, 0.5) is 5.82 Å². The maximum absolute atomic E-state index is 13.2. The third-order valence-corrected chi connectivity index (χ3v) is 10.4. The Hall–Kier alpha value is -2.02. The van der Waals surface area contributed by atoms with Gasteiger partial charge in [0.1, 0.15) is 15.5 Å². The first-order valence-corrected chi connectivity index (χ1v) is 14.2. The summed E-state index contributed by atoms with van der Waals surface area (Å²) in [5, 5.41) is 8.54. The fraction of sp³-hybridized carbons (Fsp3) is 0.286. The summed E-state index contributed by atoms with van der Waals surface area (Å²) in [4.78, 5) is 17.8. The zero-order chi connectivity index (χ0) is 24.0. The molecule has 1 unspecified atom stereocenters. The molecule has 0 radical (unpaired) electrons. The molecule has 5 rings (SSSR count). The lowest BCUT2D eigenvalue weighted by Gasteiger charge is -2.30. The van der Waals surface area contributed by atoms with E-state index >= 15 is 0 Å². The van der Waals surface area contributed by atoms with Gasteiger partial charge in [-0.25, -0.2) is 13.4 Å². The zero-order valence-corrected chi connectivity index (χ0v) is 21.8. The van der Waals surface area contributed by atoms with E-state index in [1.165, 1.54) is 21.7 Å². The maximum atomic E-state index is 13.2. The molecule has 1 atom stereocenters. The Kier molecular flexibility index (Phi) is 6.42. The van der Waals surface area contributed by atoms with Gasteiger partial charge >= 0.3 is 0 Å². The lowest BCUT2D eigenvalue weighted by molar-refractivity contribution is -0.120. The maximum Gasteiger partial charge on any atom is 0.252 e. The third-order valence-electron chi connectivity index (χ3n) is 5.52. The number of hydrogen-bond acceptors (Lipinski definition) is 7. The zero-order valence-electron chi connectivity index (χ0n) is 17.9. The Bertz CT molecular complexity index is 1490. The number of benzene rings is 1. The highest BCUT2D eigenvalue weighted by molar-refractivity contribution is 7.91.